The van der Waals surface area contributed by atoms with E-state index in [0.29, 0.717) is 12.2 Å². The average molecular weight is 297 g/mol. The van der Waals surface area contributed by atoms with E-state index < -0.39 is 11.3 Å². The van der Waals surface area contributed by atoms with E-state index in [2.05, 4.69) is 6.92 Å². The van der Waals surface area contributed by atoms with Crippen LogP contribution in [-0.4, -0.2) is 11.3 Å². The fraction of sp³-hybridized carbons (Fsp3) is 0.588. The molecule has 0 heterocycles. The summed E-state index contributed by atoms with van der Waals surface area (Å²) in [6.07, 6.45) is 8.73. The number of ether oxygens (including phenoxy) is 1. The van der Waals surface area contributed by atoms with Crippen LogP contribution in [-0.2, 0) is 4.79 Å². The normalized spacial score (nSPS) is 12.1. The summed E-state index contributed by atoms with van der Waals surface area (Å²) in [7, 11) is 0. The molecule has 0 aliphatic rings. The highest BCUT2D eigenvalue weighted by Crippen LogP contribution is 2.17. The zero-order chi connectivity index (χ0) is 14.6. The number of carbonyl (C=O) groups excluding carboxylic acids is 1. The van der Waals surface area contributed by atoms with Crippen molar-refractivity contribution in [3.8, 4) is 5.75 Å². The van der Waals surface area contributed by atoms with Crippen molar-refractivity contribution in [2.75, 3.05) is 0 Å². The summed E-state index contributed by atoms with van der Waals surface area (Å²) in [6.45, 7) is 2.22. The van der Waals surface area contributed by atoms with Crippen LogP contribution in [0.5, 0.6) is 5.75 Å². The van der Waals surface area contributed by atoms with E-state index >= 15 is 0 Å². The Morgan fingerprint density at radius 1 is 1.05 bits per heavy atom. The van der Waals surface area contributed by atoms with Crippen molar-refractivity contribution in [1.82, 2.24) is 0 Å². The van der Waals surface area contributed by atoms with Crippen LogP contribution in [0.4, 0.5) is 0 Å². The maximum absolute atomic E-state index is 11.4. The molecule has 112 valence electrons. The van der Waals surface area contributed by atoms with E-state index in [9.17, 15) is 4.79 Å². The van der Waals surface area contributed by atoms with E-state index in [4.69, 9.17) is 16.3 Å². The van der Waals surface area contributed by atoms with Crippen molar-refractivity contribution in [2.45, 2.75) is 64.4 Å². The van der Waals surface area contributed by atoms with Gasteiger partial charge < -0.3 is 4.74 Å². The van der Waals surface area contributed by atoms with Crippen LogP contribution >= 0.6 is 11.6 Å². The summed E-state index contributed by atoms with van der Waals surface area (Å²) in [4.78, 5) is 11.4. The molecule has 0 saturated heterocycles. The number of hydrogen-bond donors (Lipinski definition) is 0. The number of rotatable bonds is 11. The van der Waals surface area contributed by atoms with Crippen molar-refractivity contribution >= 4 is 16.8 Å². The lowest BCUT2D eigenvalue weighted by molar-refractivity contribution is -0.118. The molecule has 1 unspecified atom stereocenters. The molecule has 0 aromatic heterocycles. The van der Waals surface area contributed by atoms with Gasteiger partial charge in [-0.3, -0.25) is 4.79 Å². The van der Waals surface area contributed by atoms with Crippen molar-refractivity contribution in [2.24, 2.45) is 0 Å². The Hall–Kier alpha value is -1.02. The molecule has 0 aliphatic carbocycles. The fourth-order valence-electron chi connectivity index (χ4n) is 2.17. The minimum atomic E-state index is -0.519. The lowest BCUT2D eigenvalue weighted by atomic mass is 10.1. The number of para-hydroxylation sites is 1. The Bertz CT molecular complexity index is 365. The third kappa shape index (κ3) is 7.54. The van der Waals surface area contributed by atoms with Gasteiger partial charge in [-0.15, -0.1) is 0 Å². The molecule has 0 radical (unpaired) electrons. The van der Waals surface area contributed by atoms with E-state index in [1.807, 2.05) is 30.3 Å². The lowest BCUT2D eigenvalue weighted by Crippen LogP contribution is -2.23. The summed E-state index contributed by atoms with van der Waals surface area (Å²) < 4.78 is 5.64. The maximum atomic E-state index is 11.4. The standard InChI is InChI=1S/C17H25ClO2/c1-2-3-4-5-6-7-11-14-16(17(18)19)20-15-12-9-8-10-13-15/h8-10,12-13,16H,2-7,11,14H2,1H3. The predicted molar refractivity (Wildman–Crippen MR) is 84.3 cm³/mol. The van der Waals surface area contributed by atoms with Crippen LogP contribution in [0.3, 0.4) is 0 Å². The molecule has 0 N–H and O–H groups in total. The van der Waals surface area contributed by atoms with Crippen molar-refractivity contribution in [3.63, 3.8) is 0 Å². The van der Waals surface area contributed by atoms with Gasteiger partial charge in [-0.25, -0.2) is 0 Å². The average Bonchev–Trinajstić information content (AvgIpc) is 2.46. The minimum absolute atomic E-state index is 0.403. The maximum Gasteiger partial charge on any atom is 0.262 e. The third-order valence-electron chi connectivity index (χ3n) is 3.34. The van der Waals surface area contributed by atoms with E-state index in [1.165, 1.54) is 32.1 Å². The largest absolute Gasteiger partial charge is 0.481 e. The Balaban J connectivity index is 2.21. The smallest absolute Gasteiger partial charge is 0.262 e. The first kappa shape index (κ1) is 17.0. The van der Waals surface area contributed by atoms with Crippen LogP contribution in [0.1, 0.15) is 58.3 Å². The molecule has 1 aromatic rings. The third-order valence-corrected chi connectivity index (χ3v) is 3.59. The van der Waals surface area contributed by atoms with Crippen molar-refractivity contribution in [1.29, 1.82) is 0 Å². The minimum Gasteiger partial charge on any atom is -0.481 e. The Labute approximate surface area is 127 Å². The highest BCUT2D eigenvalue weighted by atomic mass is 35.5. The molecule has 0 fully saturated rings. The van der Waals surface area contributed by atoms with Crippen LogP contribution in [0, 0.1) is 0 Å². The SMILES string of the molecule is CCCCCCCCCC(Oc1ccccc1)C(=O)Cl. The van der Waals surface area contributed by atoms with Crippen molar-refractivity contribution < 1.29 is 9.53 Å². The molecular formula is C17H25ClO2. The molecule has 0 saturated carbocycles. The Kier molecular flexibility index (Phi) is 9.14. The van der Waals surface area contributed by atoms with E-state index in [-0.39, 0.29) is 0 Å². The van der Waals surface area contributed by atoms with Crippen LogP contribution in [0.2, 0.25) is 0 Å². The van der Waals surface area contributed by atoms with Gasteiger partial charge in [0.05, 0.1) is 0 Å². The summed E-state index contributed by atoms with van der Waals surface area (Å²) >= 11 is 5.61. The van der Waals surface area contributed by atoms with Gasteiger partial charge in [-0.1, -0.05) is 63.6 Å². The number of carbonyl (C=O) groups is 1. The number of halogens is 1. The molecule has 1 atom stereocenters. The molecule has 3 heteroatoms. The van der Waals surface area contributed by atoms with Gasteiger partial charge in [-0.05, 0) is 36.6 Å². The first-order valence-corrected chi connectivity index (χ1v) is 8.03. The second-order valence-electron chi connectivity index (χ2n) is 5.13. The Morgan fingerprint density at radius 2 is 1.65 bits per heavy atom. The monoisotopic (exact) mass is 296 g/mol. The second kappa shape index (κ2) is 10.7. The molecule has 1 rings (SSSR count). The topological polar surface area (TPSA) is 26.3 Å². The van der Waals surface area contributed by atoms with Gasteiger partial charge in [0.15, 0.2) is 6.10 Å². The van der Waals surface area contributed by atoms with Crippen LogP contribution in [0.25, 0.3) is 0 Å². The van der Waals surface area contributed by atoms with Gasteiger partial charge >= 0.3 is 0 Å². The summed E-state index contributed by atoms with van der Waals surface area (Å²) in [5, 5.41) is -0.403. The first-order chi connectivity index (χ1) is 9.74. The lowest BCUT2D eigenvalue weighted by Gasteiger charge is -2.15. The van der Waals surface area contributed by atoms with Gasteiger partial charge in [0, 0.05) is 0 Å². The highest BCUT2D eigenvalue weighted by Gasteiger charge is 2.17. The van der Waals surface area contributed by atoms with Crippen LogP contribution < -0.4 is 4.74 Å². The quantitative estimate of drug-likeness (QED) is 0.407. The number of hydrogen-bond acceptors (Lipinski definition) is 2. The molecule has 0 spiro atoms. The highest BCUT2D eigenvalue weighted by molar-refractivity contribution is 6.64. The second-order valence-corrected chi connectivity index (χ2v) is 5.51. The molecule has 0 bridgehead atoms. The predicted octanol–water partition coefficient (Wildman–Crippen LogP) is 5.34. The molecule has 20 heavy (non-hydrogen) atoms. The molecule has 1 aromatic carbocycles. The molecule has 2 nitrogen and oxygen atoms in total. The van der Waals surface area contributed by atoms with E-state index in [0.717, 1.165) is 12.8 Å². The zero-order valence-electron chi connectivity index (χ0n) is 12.3. The zero-order valence-corrected chi connectivity index (χ0v) is 13.1. The number of benzene rings is 1. The first-order valence-electron chi connectivity index (χ1n) is 7.65. The summed E-state index contributed by atoms with van der Waals surface area (Å²) in [6, 6.07) is 9.38. The Morgan fingerprint density at radius 3 is 2.25 bits per heavy atom. The summed E-state index contributed by atoms with van der Waals surface area (Å²) in [5.41, 5.74) is 0. The summed E-state index contributed by atoms with van der Waals surface area (Å²) in [5.74, 6) is 0.703. The van der Waals surface area contributed by atoms with Gasteiger partial charge in [0.2, 0.25) is 0 Å². The van der Waals surface area contributed by atoms with E-state index in [1.54, 1.807) is 0 Å². The molecular weight excluding hydrogens is 272 g/mol. The van der Waals surface area contributed by atoms with Gasteiger partial charge in [0.25, 0.3) is 5.24 Å². The van der Waals surface area contributed by atoms with Gasteiger partial charge in [-0.2, -0.15) is 0 Å². The number of unbranched alkanes of at least 4 members (excludes halogenated alkanes) is 6. The van der Waals surface area contributed by atoms with Crippen LogP contribution in [0.15, 0.2) is 30.3 Å². The van der Waals surface area contributed by atoms with Crippen molar-refractivity contribution in [3.05, 3.63) is 30.3 Å². The fourth-order valence-corrected chi connectivity index (χ4v) is 2.32. The van der Waals surface area contributed by atoms with Gasteiger partial charge in [0.1, 0.15) is 5.75 Å². The molecule has 0 aliphatic heterocycles. The molecule has 0 amide bonds.